The Hall–Kier alpha value is -1.22. The molecule has 164 valence electrons. The van der Waals surface area contributed by atoms with Crippen LogP contribution in [0.3, 0.4) is 0 Å². The van der Waals surface area contributed by atoms with Crippen molar-refractivity contribution in [1.82, 2.24) is 0 Å². The van der Waals surface area contributed by atoms with Crippen LogP contribution in [-0.2, 0) is 4.74 Å². The number of ether oxygens (including phenoxy) is 1. The molecule has 1 aliphatic heterocycles. The smallest absolute Gasteiger partial charge is 0.250 e. The van der Waals surface area contributed by atoms with Gasteiger partial charge in [-0.25, -0.2) is 0 Å². The third-order valence-corrected chi connectivity index (χ3v) is 10.9. The second-order valence-corrected chi connectivity index (χ2v) is 17.7. The zero-order valence-electron chi connectivity index (χ0n) is 21.2. The average molecular weight is 417 g/mol. The average Bonchev–Trinajstić information content (AvgIpc) is 2.77. The zero-order valence-corrected chi connectivity index (χ0v) is 22.2. The summed E-state index contributed by atoms with van der Waals surface area (Å²) in [7, 11) is -1.89. The summed E-state index contributed by atoms with van der Waals surface area (Å²) in [6.07, 6.45) is 0.129. The highest BCUT2D eigenvalue weighted by Crippen LogP contribution is 2.57. The van der Waals surface area contributed by atoms with E-state index < -0.39 is 8.32 Å². The van der Waals surface area contributed by atoms with Gasteiger partial charge in [-0.05, 0) is 46.7 Å². The standard InChI is InChI=1S/C26H44O2Si/c1-23(2,3)21-20(27-22(24(4,5)6)26(21,10)11)18-15-14-16-19(17-18)28-29(12,13)25(7,8)9/h14-17,22H,1-13H3. The Labute approximate surface area is 181 Å². The van der Waals surface area contributed by atoms with Crippen LogP contribution < -0.4 is 4.43 Å². The molecule has 0 aromatic heterocycles. The summed E-state index contributed by atoms with van der Waals surface area (Å²) in [5, 5.41) is 0.169. The minimum atomic E-state index is -1.89. The zero-order chi connectivity index (χ0) is 22.6. The maximum atomic E-state index is 6.75. The van der Waals surface area contributed by atoms with Gasteiger partial charge < -0.3 is 9.16 Å². The Bertz CT molecular complexity index is 780. The van der Waals surface area contributed by atoms with Crippen molar-refractivity contribution in [2.24, 2.45) is 16.2 Å². The Morgan fingerprint density at radius 3 is 1.93 bits per heavy atom. The van der Waals surface area contributed by atoms with Crippen LogP contribution in [0.1, 0.15) is 81.7 Å². The van der Waals surface area contributed by atoms with Crippen LogP contribution in [-0.4, -0.2) is 14.4 Å². The van der Waals surface area contributed by atoms with Gasteiger partial charge in [-0.15, -0.1) is 0 Å². The molecule has 0 amide bonds. The summed E-state index contributed by atoms with van der Waals surface area (Å²) < 4.78 is 13.3. The molecule has 0 saturated heterocycles. The van der Waals surface area contributed by atoms with Crippen molar-refractivity contribution in [1.29, 1.82) is 0 Å². The highest BCUT2D eigenvalue weighted by atomic mass is 28.4. The van der Waals surface area contributed by atoms with Crippen molar-refractivity contribution in [2.45, 2.75) is 100 Å². The molecule has 0 N–H and O–H groups in total. The normalized spacial score (nSPS) is 20.7. The molecule has 1 aromatic rings. The van der Waals surface area contributed by atoms with Crippen molar-refractivity contribution in [2.75, 3.05) is 0 Å². The van der Waals surface area contributed by atoms with Gasteiger partial charge in [-0.3, -0.25) is 0 Å². The van der Waals surface area contributed by atoms with Gasteiger partial charge in [-0.1, -0.05) is 88.3 Å². The maximum absolute atomic E-state index is 6.75. The molecular formula is C26H44O2Si. The lowest BCUT2D eigenvalue weighted by Crippen LogP contribution is -2.43. The Balaban J connectivity index is 2.57. The molecule has 2 rings (SSSR count). The summed E-state index contributed by atoms with van der Waals surface area (Å²) >= 11 is 0. The van der Waals surface area contributed by atoms with Gasteiger partial charge in [0.1, 0.15) is 17.6 Å². The predicted molar refractivity (Wildman–Crippen MR) is 129 cm³/mol. The molecule has 1 aromatic carbocycles. The lowest BCUT2D eigenvalue weighted by molar-refractivity contribution is 0.00753. The summed E-state index contributed by atoms with van der Waals surface area (Å²) in [6, 6.07) is 8.54. The number of hydrogen-bond donors (Lipinski definition) is 0. The van der Waals surface area contributed by atoms with E-state index in [1.54, 1.807) is 0 Å². The SMILES string of the molecule is CC(C)(C)C1=C(c2cccc(O[Si](C)(C)C(C)(C)C)c2)OC(C(C)(C)C)C1(C)C. The molecule has 3 heteroatoms. The van der Waals surface area contributed by atoms with E-state index in [0.717, 1.165) is 17.1 Å². The largest absolute Gasteiger partial charge is 0.543 e. The highest BCUT2D eigenvalue weighted by molar-refractivity contribution is 6.74. The van der Waals surface area contributed by atoms with E-state index in [9.17, 15) is 0 Å². The van der Waals surface area contributed by atoms with Crippen LogP contribution in [0.5, 0.6) is 5.75 Å². The lowest BCUT2D eigenvalue weighted by atomic mass is 9.64. The number of hydrogen-bond acceptors (Lipinski definition) is 2. The molecule has 29 heavy (non-hydrogen) atoms. The molecule has 0 radical (unpaired) electrons. The topological polar surface area (TPSA) is 18.5 Å². The van der Waals surface area contributed by atoms with E-state index in [1.807, 2.05) is 0 Å². The first kappa shape index (κ1) is 24.1. The van der Waals surface area contributed by atoms with E-state index in [4.69, 9.17) is 9.16 Å². The van der Waals surface area contributed by atoms with Crippen LogP contribution in [0, 0.1) is 16.2 Å². The van der Waals surface area contributed by atoms with Crippen molar-refractivity contribution in [3.63, 3.8) is 0 Å². The highest BCUT2D eigenvalue weighted by Gasteiger charge is 2.52. The first-order valence-corrected chi connectivity index (χ1v) is 13.9. The number of benzene rings is 1. The van der Waals surface area contributed by atoms with Crippen LogP contribution >= 0.6 is 0 Å². The van der Waals surface area contributed by atoms with Crippen LogP contribution in [0.25, 0.3) is 5.76 Å². The summed E-state index contributed by atoms with van der Waals surface area (Å²) in [5.74, 6) is 2.00. The minimum Gasteiger partial charge on any atom is -0.543 e. The van der Waals surface area contributed by atoms with Crippen LogP contribution in [0.2, 0.25) is 18.1 Å². The molecule has 0 saturated carbocycles. The fourth-order valence-electron chi connectivity index (χ4n) is 4.68. The number of rotatable bonds is 3. The molecule has 1 aliphatic rings. The molecular weight excluding hydrogens is 372 g/mol. The predicted octanol–water partition coefficient (Wildman–Crippen LogP) is 8.30. The van der Waals surface area contributed by atoms with Gasteiger partial charge >= 0.3 is 0 Å². The van der Waals surface area contributed by atoms with Gasteiger partial charge in [-0.2, -0.15) is 0 Å². The fraction of sp³-hybridized carbons (Fsp3) is 0.692. The van der Waals surface area contributed by atoms with Crippen molar-refractivity contribution >= 4 is 14.1 Å². The molecule has 1 atom stereocenters. The maximum Gasteiger partial charge on any atom is 0.250 e. The molecule has 1 heterocycles. The van der Waals surface area contributed by atoms with E-state index in [1.165, 1.54) is 5.57 Å². The van der Waals surface area contributed by atoms with Crippen LogP contribution in [0.4, 0.5) is 0 Å². The van der Waals surface area contributed by atoms with Crippen molar-refractivity contribution in [3.05, 3.63) is 35.4 Å². The van der Waals surface area contributed by atoms with E-state index in [0.29, 0.717) is 0 Å². The Morgan fingerprint density at radius 2 is 1.48 bits per heavy atom. The fourth-order valence-corrected chi connectivity index (χ4v) is 5.70. The van der Waals surface area contributed by atoms with Crippen molar-refractivity contribution < 1.29 is 9.16 Å². The van der Waals surface area contributed by atoms with E-state index in [2.05, 4.69) is 114 Å². The minimum absolute atomic E-state index is 0.0229. The molecule has 0 bridgehead atoms. The second-order valence-electron chi connectivity index (χ2n) is 12.9. The molecule has 0 spiro atoms. The first-order chi connectivity index (χ1) is 12.8. The van der Waals surface area contributed by atoms with Gasteiger partial charge in [0.2, 0.25) is 8.32 Å². The second kappa shape index (κ2) is 7.18. The third kappa shape index (κ3) is 4.76. The van der Waals surface area contributed by atoms with Gasteiger partial charge in [0, 0.05) is 11.0 Å². The Morgan fingerprint density at radius 1 is 0.931 bits per heavy atom. The molecule has 0 aliphatic carbocycles. The third-order valence-electron chi connectivity index (χ3n) is 6.57. The Kier molecular flexibility index (Phi) is 5.96. The summed E-state index contributed by atoms with van der Waals surface area (Å²) in [5.41, 5.74) is 2.56. The van der Waals surface area contributed by atoms with E-state index in [-0.39, 0.29) is 27.4 Å². The molecule has 0 fully saturated rings. The van der Waals surface area contributed by atoms with Gasteiger partial charge in [0.15, 0.2) is 0 Å². The summed E-state index contributed by atoms with van der Waals surface area (Å²) in [6.45, 7) is 29.8. The summed E-state index contributed by atoms with van der Waals surface area (Å²) in [4.78, 5) is 0. The van der Waals surface area contributed by atoms with Crippen molar-refractivity contribution in [3.8, 4) is 5.75 Å². The first-order valence-electron chi connectivity index (χ1n) is 11.0. The quantitative estimate of drug-likeness (QED) is 0.461. The van der Waals surface area contributed by atoms with Gasteiger partial charge in [0.25, 0.3) is 0 Å². The molecule has 2 nitrogen and oxygen atoms in total. The van der Waals surface area contributed by atoms with E-state index >= 15 is 0 Å². The lowest BCUT2D eigenvalue weighted by Gasteiger charge is -2.40. The monoisotopic (exact) mass is 416 g/mol. The molecule has 1 unspecified atom stereocenters. The van der Waals surface area contributed by atoms with Gasteiger partial charge in [0.05, 0.1) is 0 Å². The van der Waals surface area contributed by atoms with Crippen LogP contribution in [0.15, 0.2) is 29.8 Å².